The van der Waals surface area contributed by atoms with E-state index in [-0.39, 0.29) is 35.1 Å². The minimum atomic E-state index is -2.93. The molecule has 1 fully saturated rings. The van der Waals surface area contributed by atoms with Gasteiger partial charge in [0.2, 0.25) is 11.8 Å². The third-order valence-corrected chi connectivity index (χ3v) is 8.12. The van der Waals surface area contributed by atoms with Crippen LogP contribution in [0.25, 0.3) is 11.1 Å². The number of nitrogens with zero attached hydrogens (tertiary/aromatic N) is 2. The van der Waals surface area contributed by atoms with Gasteiger partial charge in [0.15, 0.2) is 9.84 Å². The van der Waals surface area contributed by atoms with E-state index in [4.69, 9.17) is 4.42 Å². The van der Waals surface area contributed by atoms with Gasteiger partial charge in [-0.05, 0) is 36.0 Å². The van der Waals surface area contributed by atoms with Crippen LogP contribution >= 0.6 is 11.8 Å². The van der Waals surface area contributed by atoms with Crippen LogP contribution in [0.4, 0.5) is 0 Å². The predicted octanol–water partition coefficient (Wildman–Crippen LogP) is 3.68. The summed E-state index contributed by atoms with van der Waals surface area (Å²) in [7, 11) is -2.93. The summed E-state index contributed by atoms with van der Waals surface area (Å²) in [5, 5.41) is 11.2. The summed E-state index contributed by atoms with van der Waals surface area (Å²) in [5.74, 6) is 0.866. The molecule has 2 aromatic carbocycles. The maximum absolute atomic E-state index is 12.4. The van der Waals surface area contributed by atoms with Gasteiger partial charge in [0.25, 0.3) is 5.22 Å². The summed E-state index contributed by atoms with van der Waals surface area (Å²) in [6.45, 7) is 1.94. The first kappa shape index (κ1) is 22.5. The largest absolute Gasteiger partial charge is 0.416 e. The molecule has 4 rings (SSSR count). The van der Waals surface area contributed by atoms with Crippen LogP contribution in [-0.4, -0.2) is 41.8 Å². The fraction of sp³-hybridized carbons (Fsp3) is 0.348. The van der Waals surface area contributed by atoms with Crippen LogP contribution in [0, 0.1) is 5.92 Å². The molecule has 7 nitrogen and oxygen atoms in total. The number of amides is 1. The van der Waals surface area contributed by atoms with Crippen LogP contribution in [0.2, 0.25) is 0 Å². The van der Waals surface area contributed by atoms with E-state index in [0.717, 1.165) is 16.7 Å². The van der Waals surface area contributed by atoms with Crippen LogP contribution in [0.5, 0.6) is 0 Å². The number of aromatic nitrogens is 2. The number of nitrogens with one attached hydrogen (secondary N) is 1. The van der Waals surface area contributed by atoms with E-state index in [1.165, 1.54) is 11.8 Å². The maximum Gasteiger partial charge on any atom is 0.277 e. The lowest BCUT2D eigenvalue weighted by molar-refractivity contribution is -0.119. The highest BCUT2D eigenvalue weighted by atomic mass is 32.2. The number of hydrogen-bond donors (Lipinski definition) is 1. The monoisotopic (exact) mass is 471 g/mol. The predicted molar refractivity (Wildman–Crippen MR) is 124 cm³/mol. The van der Waals surface area contributed by atoms with Crippen molar-refractivity contribution >= 4 is 27.5 Å². The van der Waals surface area contributed by atoms with Crippen LogP contribution in [0.15, 0.2) is 64.2 Å². The molecule has 1 amide bonds. The number of thioether (sulfide) groups is 1. The molecule has 0 aliphatic carbocycles. The van der Waals surface area contributed by atoms with Crippen molar-refractivity contribution in [3.8, 4) is 11.1 Å². The first-order valence-corrected chi connectivity index (χ1v) is 13.3. The molecular weight excluding hydrogens is 446 g/mol. The fourth-order valence-electron chi connectivity index (χ4n) is 3.75. The van der Waals surface area contributed by atoms with Gasteiger partial charge in [0.1, 0.15) is 0 Å². The van der Waals surface area contributed by atoms with Crippen molar-refractivity contribution in [2.45, 2.75) is 31.0 Å². The van der Waals surface area contributed by atoms with Gasteiger partial charge in [0.05, 0.1) is 23.3 Å². The normalized spacial score (nSPS) is 18.3. The van der Waals surface area contributed by atoms with Crippen molar-refractivity contribution in [1.82, 2.24) is 15.5 Å². The first-order valence-electron chi connectivity index (χ1n) is 10.5. The van der Waals surface area contributed by atoms with Crippen molar-refractivity contribution in [3.05, 3.63) is 66.1 Å². The topological polar surface area (TPSA) is 102 Å². The van der Waals surface area contributed by atoms with Gasteiger partial charge in [0, 0.05) is 6.42 Å². The number of carbonyl (C=O) groups is 1. The molecule has 1 saturated heterocycles. The van der Waals surface area contributed by atoms with Crippen molar-refractivity contribution in [2.75, 3.05) is 17.3 Å². The number of carbonyl (C=O) groups excluding carboxylic acids is 1. The number of benzene rings is 2. The smallest absolute Gasteiger partial charge is 0.277 e. The van der Waals surface area contributed by atoms with Crippen molar-refractivity contribution in [2.24, 2.45) is 5.92 Å². The highest BCUT2D eigenvalue weighted by Gasteiger charge is 2.29. The lowest BCUT2D eigenvalue weighted by Crippen LogP contribution is -2.28. The second-order valence-electron chi connectivity index (χ2n) is 8.00. The van der Waals surface area contributed by atoms with Gasteiger partial charge >= 0.3 is 0 Å². The van der Waals surface area contributed by atoms with Crippen LogP contribution in [-0.2, 0) is 21.1 Å². The molecular formula is C23H25N3O4S2. The third-order valence-electron chi connectivity index (χ3n) is 5.46. The minimum Gasteiger partial charge on any atom is -0.416 e. The molecule has 1 N–H and O–H groups in total. The molecule has 0 radical (unpaired) electrons. The van der Waals surface area contributed by atoms with Gasteiger partial charge in [-0.15, -0.1) is 10.2 Å². The summed E-state index contributed by atoms with van der Waals surface area (Å²) < 4.78 is 28.7. The Kier molecular flexibility index (Phi) is 6.95. The quantitative estimate of drug-likeness (QED) is 0.500. The van der Waals surface area contributed by atoms with Crippen LogP contribution in [0.3, 0.4) is 0 Å². The molecule has 0 saturated carbocycles. The van der Waals surface area contributed by atoms with E-state index in [0.29, 0.717) is 24.0 Å². The van der Waals surface area contributed by atoms with Gasteiger partial charge in [-0.2, -0.15) is 0 Å². The summed E-state index contributed by atoms with van der Waals surface area (Å²) >= 11 is 1.17. The molecule has 1 aromatic heterocycles. The third kappa shape index (κ3) is 5.98. The molecule has 2 heterocycles. The molecule has 0 unspecified atom stereocenters. The minimum absolute atomic E-state index is 0.0238. The highest BCUT2D eigenvalue weighted by Crippen LogP contribution is 2.25. The number of rotatable bonds is 8. The van der Waals surface area contributed by atoms with Crippen molar-refractivity contribution in [1.29, 1.82) is 0 Å². The SMILES string of the molecule is C[C@H](NC(=O)CSc1nnc(C[C@@H]2CCS(=O)(=O)C2)o1)c1ccc(-c2ccccc2)cc1. The van der Waals surface area contributed by atoms with Gasteiger partial charge < -0.3 is 9.73 Å². The Labute approximate surface area is 191 Å². The Bertz CT molecular complexity index is 1160. The number of hydrogen-bond acceptors (Lipinski definition) is 7. The number of sulfone groups is 1. The molecule has 1 aliphatic heterocycles. The van der Waals surface area contributed by atoms with E-state index in [2.05, 4.69) is 39.8 Å². The molecule has 168 valence electrons. The van der Waals surface area contributed by atoms with Gasteiger partial charge in [-0.25, -0.2) is 8.42 Å². The standard InChI is InChI=1S/C23H25N3O4S2/c1-16(18-7-9-20(10-8-18)19-5-3-2-4-6-19)24-21(27)14-31-23-26-25-22(30-23)13-17-11-12-32(28,29)15-17/h2-10,16-17H,11-15H2,1H3,(H,24,27)/t16-,17-/m0/s1. The second kappa shape index (κ2) is 9.87. The Morgan fingerprint density at radius 3 is 2.53 bits per heavy atom. The summed E-state index contributed by atoms with van der Waals surface area (Å²) in [5.41, 5.74) is 3.31. The first-order chi connectivity index (χ1) is 15.4. The summed E-state index contributed by atoms with van der Waals surface area (Å²) in [4.78, 5) is 12.4. The Morgan fingerprint density at radius 2 is 1.84 bits per heavy atom. The van der Waals surface area contributed by atoms with Crippen LogP contribution < -0.4 is 5.32 Å². The molecule has 0 spiro atoms. The Hall–Kier alpha value is -2.65. The van der Waals surface area contributed by atoms with E-state index in [1.54, 1.807) is 0 Å². The van der Waals surface area contributed by atoms with E-state index in [9.17, 15) is 13.2 Å². The Balaban J connectivity index is 1.25. The lowest BCUT2D eigenvalue weighted by Gasteiger charge is -2.14. The molecule has 32 heavy (non-hydrogen) atoms. The van der Waals surface area contributed by atoms with Gasteiger partial charge in [-0.1, -0.05) is 66.4 Å². The van der Waals surface area contributed by atoms with Crippen LogP contribution in [0.1, 0.15) is 30.8 Å². The zero-order valence-electron chi connectivity index (χ0n) is 17.7. The Morgan fingerprint density at radius 1 is 1.12 bits per heavy atom. The summed E-state index contributed by atoms with van der Waals surface area (Å²) in [6.07, 6.45) is 1.08. The fourth-order valence-corrected chi connectivity index (χ4v) is 6.20. The average molecular weight is 472 g/mol. The molecule has 3 aromatic rings. The second-order valence-corrected chi connectivity index (χ2v) is 11.2. The molecule has 2 atom stereocenters. The zero-order valence-corrected chi connectivity index (χ0v) is 19.4. The van der Waals surface area contributed by atoms with E-state index < -0.39 is 9.84 Å². The van der Waals surface area contributed by atoms with E-state index in [1.807, 2.05) is 37.3 Å². The maximum atomic E-state index is 12.4. The summed E-state index contributed by atoms with van der Waals surface area (Å²) in [6, 6.07) is 18.2. The highest BCUT2D eigenvalue weighted by molar-refractivity contribution is 7.99. The van der Waals surface area contributed by atoms with Crippen molar-refractivity contribution < 1.29 is 17.6 Å². The molecule has 9 heteroatoms. The van der Waals surface area contributed by atoms with Crippen molar-refractivity contribution in [3.63, 3.8) is 0 Å². The lowest BCUT2D eigenvalue weighted by atomic mass is 10.0. The molecule has 0 bridgehead atoms. The van der Waals surface area contributed by atoms with E-state index >= 15 is 0 Å². The zero-order chi connectivity index (χ0) is 22.6. The average Bonchev–Trinajstić information content (AvgIpc) is 3.38. The molecule has 1 aliphatic rings. The van der Waals surface area contributed by atoms with Gasteiger partial charge in [-0.3, -0.25) is 4.79 Å².